The van der Waals surface area contributed by atoms with Crippen molar-refractivity contribution in [2.75, 3.05) is 26.9 Å². The second-order valence-corrected chi connectivity index (χ2v) is 7.55. The van der Waals surface area contributed by atoms with E-state index in [1.54, 1.807) is 13.3 Å². The largest absolute Gasteiger partial charge is 0 e. The summed E-state index contributed by atoms with van der Waals surface area (Å²) in [5.41, 5.74) is 6.21. The number of hydrogen-bond acceptors (Lipinski definition) is 7. The Morgan fingerprint density at radius 3 is 2.82 bits per heavy atom. The van der Waals surface area contributed by atoms with Crippen LogP contribution in [0.4, 0.5) is 2.86 Å². The smallest absolute Gasteiger partial charge is 0 e. The molecule has 0 saturated heterocycles. The Hall–Kier alpha value is -0.440. The minimum absolute atomic E-state index is 0. The maximum Gasteiger partial charge on any atom is 0 e. The van der Waals surface area contributed by atoms with E-state index in [2.05, 4.69) is 15.6 Å². The molecule has 0 aromatic carbocycles. The fourth-order valence-corrected chi connectivity index (χ4v) is 2.83. The van der Waals surface area contributed by atoms with Gasteiger partial charge in [-0.2, -0.15) is 0 Å². The number of halogens is 2. The van der Waals surface area contributed by atoms with Gasteiger partial charge in [0, 0.05) is 36.1 Å². The third kappa shape index (κ3) is 12.9. The van der Waals surface area contributed by atoms with Crippen LogP contribution in [0.15, 0.2) is 6.20 Å². The fraction of sp³-hybridized carbons (Fsp3) is 0.750. The molecule has 0 aliphatic carbocycles. The molecule has 28 heavy (non-hydrogen) atoms. The van der Waals surface area contributed by atoms with E-state index in [0.717, 1.165) is 19.3 Å². The Kier molecular flexibility index (Phi) is 17.1. The van der Waals surface area contributed by atoms with Crippen molar-refractivity contribution in [3.8, 4) is 0 Å². The zero-order chi connectivity index (χ0) is 19.9. The number of carbonyl (C=O) groups is 2. The van der Waals surface area contributed by atoms with Gasteiger partial charge in [0.1, 0.15) is 0 Å². The van der Waals surface area contributed by atoms with Gasteiger partial charge >= 0.3 is 120 Å². The first-order valence-electron chi connectivity index (χ1n) is 8.87. The third-order valence-corrected chi connectivity index (χ3v) is 5.02. The standard InChI is InChI=1S/C16H29FIN5O4.Nb/c1-26-9-10-27-8-4-2-3-5-15(24)20-11-13-12-23(22-21-13)7-6-14(19)16(25)18-17;/h12,14,18H,2-11,19H2,1H3,(H,20,24);. The summed E-state index contributed by atoms with van der Waals surface area (Å²) in [4.78, 5) is 23.0. The molecule has 1 radical (unpaired) electrons. The van der Waals surface area contributed by atoms with E-state index in [1.807, 2.05) is 0 Å². The van der Waals surface area contributed by atoms with Crippen molar-refractivity contribution in [3.05, 3.63) is 11.9 Å². The second-order valence-electron chi connectivity index (χ2n) is 5.96. The van der Waals surface area contributed by atoms with Gasteiger partial charge in [-0.1, -0.05) is 6.42 Å². The fourth-order valence-electron chi connectivity index (χ4n) is 2.16. The molecule has 1 rings (SSSR count). The minimum atomic E-state index is -2.13. The molecule has 0 bridgehead atoms. The van der Waals surface area contributed by atoms with Crippen LogP contribution < -0.4 is 11.1 Å². The van der Waals surface area contributed by atoms with Crippen molar-refractivity contribution >= 4 is 31.5 Å². The van der Waals surface area contributed by atoms with Crippen LogP contribution in [0.25, 0.3) is 0 Å². The summed E-state index contributed by atoms with van der Waals surface area (Å²) in [6.45, 7) is 2.54. The number of amides is 1. The number of carbonyl (C=O) groups excluding carboxylic acids is 2. The third-order valence-electron chi connectivity index (χ3n) is 3.73. The van der Waals surface area contributed by atoms with E-state index in [9.17, 15) is 12.4 Å². The Bertz CT molecular complexity index is 567. The number of nitrogens with two attached hydrogens (primary N) is 1. The molecule has 1 atom stereocenters. The van der Waals surface area contributed by atoms with Crippen molar-refractivity contribution < 1.29 is 44.3 Å². The molecule has 3 N–H and O–H groups in total. The number of aromatic nitrogens is 3. The van der Waals surface area contributed by atoms with Crippen molar-refractivity contribution in [2.24, 2.45) is 5.73 Å². The molecule has 0 spiro atoms. The first-order valence-corrected chi connectivity index (χ1v) is 10.9. The van der Waals surface area contributed by atoms with Gasteiger partial charge in [0.2, 0.25) is 0 Å². The topological polar surface area (TPSA) is 121 Å². The molecular weight excluding hydrogens is 565 g/mol. The van der Waals surface area contributed by atoms with Crippen molar-refractivity contribution in [1.29, 1.82) is 0 Å². The van der Waals surface area contributed by atoms with Crippen LogP contribution in [0.2, 0.25) is 0 Å². The van der Waals surface area contributed by atoms with Gasteiger partial charge in [-0.3, -0.25) is 0 Å². The Labute approximate surface area is 191 Å². The summed E-state index contributed by atoms with van der Waals surface area (Å²) < 4.78 is 23.6. The molecule has 0 fully saturated rings. The maximum absolute atomic E-state index is 12.4. The van der Waals surface area contributed by atoms with Crippen molar-refractivity contribution in [1.82, 2.24) is 20.3 Å². The van der Waals surface area contributed by atoms with Crippen molar-refractivity contribution in [2.45, 2.75) is 51.2 Å². The Morgan fingerprint density at radius 2 is 2.11 bits per heavy atom. The number of unbranched alkanes of at least 4 members (excludes halogenated alkanes) is 2. The Morgan fingerprint density at radius 1 is 1.32 bits per heavy atom. The number of nitrogens with one attached hydrogen (secondary N) is 1. The van der Waals surface area contributed by atoms with E-state index in [4.69, 9.17) is 15.2 Å². The van der Waals surface area contributed by atoms with Crippen LogP contribution >= 0.6 is 21.8 Å². The Balaban J connectivity index is 0.00000729. The van der Waals surface area contributed by atoms with E-state index >= 15 is 0 Å². The zero-order valence-electron chi connectivity index (χ0n) is 16.0. The van der Waals surface area contributed by atoms with Gasteiger partial charge < -0.3 is 9.47 Å². The zero-order valence-corrected chi connectivity index (χ0v) is 20.5. The molecule has 1 amide bonds. The SMILES string of the molecule is COCCOCCCCCC(=O)NCc1cn(CCC(N)C(=O)[IH]F)nn1.[Nb]. The van der Waals surface area contributed by atoms with E-state index < -0.39 is 31.6 Å². The molecule has 12 heteroatoms. The van der Waals surface area contributed by atoms with Gasteiger partial charge in [-0.15, -0.1) is 0 Å². The minimum Gasteiger partial charge on any atom is 0 e. The average molecular weight is 594 g/mol. The quantitative estimate of drug-likeness (QED) is 0.127. The van der Waals surface area contributed by atoms with Crippen molar-refractivity contribution in [3.63, 3.8) is 0 Å². The molecule has 0 saturated carbocycles. The van der Waals surface area contributed by atoms with Gasteiger partial charge in [0.05, 0.1) is 13.2 Å². The van der Waals surface area contributed by atoms with Gasteiger partial charge in [0.25, 0.3) is 0 Å². The molecule has 0 aliphatic heterocycles. The van der Waals surface area contributed by atoms with Gasteiger partial charge in [-0.25, -0.2) is 0 Å². The summed E-state index contributed by atoms with van der Waals surface area (Å²) >= 11 is -2.13. The second kappa shape index (κ2) is 17.4. The number of aryl methyl sites for hydroxylation is 1. The molecule has 1 aromatic heterocycles. The van der Waals surface area contributed by atoms with Gasteiger partial charge in [-0.05, 0) is 6.42 Å². The molecule has 0 aliphatic rings. The summed E-state index contributed by atoms with van der Waals surface area (Å²) in [5.74, 6) is -0.0370. The monoisotopic (exact) mass is 594 g/mol. The summed E-state index contributed by atoms with van der Waals surface area (Å²) in [7, 11) is 1.64. The number of ether oxygens (including phenoxy) is 2. The predicted octanol–water partition coefficient (Wildman–Crippen LogP) is 0.947. The van der Waals surface area contributed by atoms with Gasteiger partial charge in [0.15, 0.2) is 0 Å². The van der Waals surface area contributed by atoms with Crippen LogP contribution in [0.5, 0.6) is 0 Å². The van der Waals surface area contributed by atoms with Crippen LogP contribution in [0, 0.1) is 0 Å². The number of rotatable bonds is 16. The van der Waals surface area contributed by atoms with E-state index in [1.165, 1.54) is 4.68 Å². The number of hydrogen-bond donors (Lipinski definition) is 2. The first kappa shape index (κ1) is 27.6. The number of nitrogens with zero attached hydrogens (tertiary/aromatic N) is 3. The normalized spacial score (nSPS) is 11.8. The van der Waals surface area contributed by atoms with Crippen LogP contribution in [-0.4, -0.2) is 57.7 Å². The molecule has 1 unspecified atom stereocenters. The molecular formula is C16H29FIN5NbO4. The molecule has 1 aromatic rings. The maximum atomic E-state index is 12.4. The summed E-state index contributed by atoms with van der Waals surface area (Å²) in [6.07, 6.45) is 5.10. The summed E-state index contributed by atoms with van der Waals surface area (Å²) in [6, 6.07) is -0.782. The molecule has 9 nitrogen and oxygen atoms in total. The average Bonchev–Trinajstić information content (AvgIpc) is 3.13. The van der Waals surface area contributed by atoms with Crippen LogP contribution in [-0.2, 0) is 54.5 Å². The number of methoxy groups -OCH3 is 1. The van der Waals surface area contributed by atoms with Crippen LogP contribution in [0.1, 0.15) is 37.8 Å². The molecule has 1 heterocycles. The summed E-state index contributed by atoms with van der Waals surface area (Å²) in [5, 5.41) is 10.7. The van der Waals surface area contributed by atoms with E-state index in [0.29, 0.717) is 51.4 Å². The molecule has 161 valence electrons. The van der Waals surface area contributed by atoms with Crippen LogP contribution in [0.3, 0.4) is 0 Å². The first-order chi connectivity index (χ1) is 13.1. The predicted molar refractivity (Wildman–Crippen MR) is 107 cm³/mol. The van der Waals surface area contributed by atoms with E-state index in [-0.39, 0.29) is 28.3 Å².